The van der Waals surface area contributed by atoms with Crippen LogP contribution in [-0.4, -0.2) is 40.2 Å². The minimum absolute atomic E-state index is 0.0394. The molecule has 1 aliphatic rings. The van der Waals surface area contributed by atoms with Crippen LogP contribution in [0.25, 0.3) is 0 Å². The third-order valence-electron chi connectivity index (χ3n) is 3.31. The molecule has 1 saturated carbocycles. The van der Waals surface area contributed by atoms with Crippen molar-refractivity contribution in [1.29, 1.82) is 0 Å². The van der Waals surface area contributed by atoms with E-state index in [-0.39, 0.29) is 18.1 Å². The van der Waals surface area contributed by atoms with Gasteiger partial charge in [-0.1, -0.05) is 0 Å². The van der Waals surface area contributed by atoms with E-state index in [4.69, 9.17) is 9.94 Å². The molecule has 0 amide bonds. The fourth-order valence-electron chi connectivity index (χ4n) is 1.78. The predicted octanol–water partition coefficient (Wildman–Crippen LogP) is 1.78. The van der Waals surface area contributed by atoms with Gasteiger partial charge in [0.15, 0.2) is 0 Å². The van der Waals surface area contributed by atoms with Crippen LogP contribution in [0.15, 0.2) is 5.28 Å². The van der Waals surface area contributed by atoms with Crippen LogP contribution in [0.5, 0.6) is 0 Å². The van der Waals surface area contributed by atoms with E-state index in [1.54, 1.807) is 7.05 Å². The lowest BCUT2D eigenvalue weighted by molar-refractivity contribution is -0.712. The summed E-state index contributed by atoms with van der Waals surface area (Å²) in [6.07, 6.45) is 2.25. The number of nitrogens with zero attached hydrogens (tertiary/aromatic N) is 3. The first kappa shape index (κ1) is 14.5. The minimum atomic E-state index is -0.754. The highest BCUT2D eigenvalue weighted by Crippen LogP contribution is 2.26. The number of hydrazine groups is 1. The Bertz CT molecular complexity index is 311. The second kappa shape index (κ2) is 6.42. The molecule has 0 atom stereocenters. The van der Waals surface area contributed by atoms with Gasteiger partial charge in [-0.2, -0.15) is 0 Å². The maximum Gasteiger partial charge on any atom is 0.306 e. The number of aliphatic carboxylic acids is 1. The van der Waals surface area contributed by atoms with Gasteiger partial charge >= 0.3 is 5.97 Å². The molecule has 1 aliphatic carbocycles. The highest BCUT2D eigenvalue weighted by Gasteiger charge is 2.27. The second-order valence-electron chi connectivity index (χ2n) is 4.92. The lowest BCUT2D eigenvalue weighted by atomic mass is 9.88. The van der Waals surface area contributed by atoms with Crippen molar-refractivity contribution in [3.63, 3.8) is 0 Å². The first-order valence-electron chi connectivity index (χ1n) is 6.21. The summed E-state index contributed by atoms with van der Waals surface area (Å²) in [6.45, 7) is 3.75. The molecule has 0 aromatic heterocycles. The minimum Gasteiger partial charge on any atom is -0.569 e. The Labute approximate surface area is 107 Å². The van der Waals surface area contributed by atoms with E-state index < -0.39 is 5.97 Å². The smallest absolute Gasteiger partial charge is 0.306 e. The van der Waals surface area contributed by atoms with Gasteiger partial charge in [-0.25, -0.2) is 0 Å². The van der Waals surface area contributed by atoms with Crippen molar-refractivity contribution in [3.8, 4) is 0 Å². The quantitative estimate of drug-likeness (QED) is 0.462. The van der Waals surface area contributed by atoms with Crippen molar-refractivity contribution in [2.45, 2.75) is 51.7 Å². The molecular weight excluding hydrogens is 238 g/mol. The van der Waals surface area contributed by atoms with Crippen molar-refractivity contribution < 1.29 is 19.7 Å². The summed E-state index contributed by atoms with van der Waals surface area (Å²) in [5.74, 6) is -1.04. The van der Waals surface area contributed by atoms with Gasteiger partial charge in [0.2, 0.25) is 5.28 Å². The van der Waals surface area contributed by atoms with Crippen molar-refractivity contribution in [2.24, 2.45) is 11.2 Å². The Morgan fingerprint density at radius 1 is 1.44 bits per heavy atom. The first-order valence-corrected chi connectivity index (χ1v) is 6.21. The molecule has 0 bridgehead atoms. The van der Waals surface area contributed by atoms with Gasteiger partial charge in [-0.05, 0) is 39.5 Å². The zero-order valence-corrected chi connectivity index (χ0v) is 11.1. The van der Waals surface area contributed by atoms with Crippen molar-refractivity contribution >= 4 is 5.97 Å². The molecule has 0 radical (unpaired) electrons. The Balaban J connectivity index is 2.37. The summed E-state index contributed by atoms with van der Waals surface area (Å²) in [7, 11) is 1.63. The third kappa shape index (κ3) is 4.05. The normalized spacial score (nSPS) is 25.0. The molecule has 0 heterocycles. The van der Waals surface area contributed by atoms with E-state index in [0.29, 0.717) is 30.7 Å². The fourth-order valence-corrected chi connectivity index (χ4v) is 1.78. The molecule has 7 heteroatoms. The molecule has 0 unspecified atom stereocenters. The van der Waals surface area contributed by atoms with Crippen LogP contribution >= 0.6 is 0 Å². The van der Waals surface area contributed by atoms with E-state index in [1.807, 2.05) is 13.8 Å². The van der Waals surface area contributed by atoms with Crippen LogP contribution < -0.4 is 0 Å². The molecule has 0 aromatic rings. The third-order valence-corrected chi connectivity index (χ3v) is 3.31. The summed E-state index contributed by atoms with van der Waals surface area (Å²) in [4.78, 5) is 16.3. The van der Waals surface area contributed by atoms with E-state index in [9.17, 15) is 10.0 Å². The first-order chi connectivity index (χ1) is 8.41. The topological polar surface area (TPSA) is 88.2 Å². The highest BCUT2D eigenvalue weighted by atomic mass is 16.7. The standard InChI is InChI=1S/C11H21N3O4/c1-8(2)13(3)14(17)12-18-10-6-4-9(5-7-10)11(15)16/h8-10H,4-7H2,1-3H3,(H,15,16)/b14-12-. The monoisotopic (exact) mass is 259 g/mol. The molecule has 18 heavy (non-hydrogen) atoms. The van der Waals surface area contributed by atoms with Crippen LogP contribution in [0.3, 0.4) is 0 Å². The Kier molecular flexibility index (Phi) is 5.18. The number of carboxylic acids is 1. The van der Waals surface area contributed by atoms with Gasteiger partial charge in [0.25, 0.3) is 0 Å². The van der Waals surface area contributed by atoms with Gasteiger partial charge in [-0.15, -0.1) is 5.01 Å². The summed E-state index contributed by atoms with van der Waals surface area (Å²) in [6, 6.07) is 0.0394. The van der Waals surface area contributed by atoms with Gasteiger partial charge in [-0.3, -0.25) is 4.79 Å². The zero-order chi connectivity index (χ0) is 13.7. The fraction of sp³-hybridized carbons (Fsp3) is 0.909. The van der Waals surface area contributed by atoms with Crippen LogP contribution in [0, 0.1) is 11.1 Å². The van der Waals surface area contributed by atoms with E-state index in [1.165, 1.54) is 5.01 Å². The van der Waals surface area contributed by atoms with Crippen LogP contribution in [-0.2, 0) is 9.63 Å². The van der Waals surface area contributed by atoms with E-state index >= 15 is 0 Å². The SMILES string of the molecule is CC(C)N(C)/[N+]([O-])=N/OC1CCC(C(=O)O)CC1. The maximum absolute atomic E-state index is 11.5. The molecule has 7 nitrogen and oxygen atoms in total. The molecule has 0 saturated heterocycles. The number of carbonyl (C=O) groups is 1. The number of hydrogen-bond donors (Lipinski definition) is 1. The van der Waals surface area contributed by atoms with E-state index in [2.05, 4.69) is 5.28 Å². The van der Waals surface area contributed by atoms with Crippen molar-refractivity contribution in [2.75, 3.05) is 7.05 Å². The second-order valence-corrected chi connectivity index (χ2v) is 4.92. The molecular formula is C11H21N3O4. The molecule has 104 valence electrons. The van der Waals surface area contributed by atoms with Crippen LogP contribution in [0.4, 0.5) is 0 Å². The van der Waals surface area contributed by atoms with Gasteiger partial charge < -0.3 is 15.2 Å². The number of hydrogen-bond acceptors (Lipinski definition) is 4. The lowest BCUT2D eigenvalue weighted by Gasteiger charge is -2.23. The maximum atomic E-state index is 11.5. The number of rotatable bonds is 5. The average Bonchev–Trinajstić information content (AvgIpc) is 2.35. The summed E-state index contributed by atoms with van der Waals surface area (Å²) in [5, 5.41) is 25.2. The highest BCUT2D eigenvalue weighted by molar-refractivity contribution is 5.69. The predicted molar refractivity (Wildman–Crippen MR) is 63.4 cm³/mol. The molecule has 0 spiro atoms. The summed E-state index contributed by atoms with van der Waals surface area (Å²) in [5.41, 5.74) is 0. The van der Waals surface area contributed by atoms with Crippen molar-refractivity contribution in [3.05, 3.63) is 5.21 Å². The van der Waals surface area contributed by atoms with Gasteiger partial charge in [0.05, 0.1) is 24.0 Å². The largest absolute Gasteiger partial charge is 0.569 e. The van der Waals surface area contributed by atoms with Gasteiger partial charge in [0.1, 0.15) is 6.10 Å². The van der Waals surface area contributed by atoms with Crippen molar-refractivity contribution in [1.82, 2.24) is 5.01 Å². The number of carboxylic acid groups (broad SMARTS) is 1. The molecule has 1 fully saturated rings. The summed E-state index contributed by atoms with van der Waals surface area (Å²) < 4.78 is 0. The Morgan fingerprint density at radius 3 is 2.44 bits per heavy atom. The Hall–Kier alpha value is -1.53. The Morgan fingerprint density at radius 2 is 2.00 bits per heavy atom. The van der Waals surface area contributed by atoms with Gasteiger partial charge in [0, 0.05) is 0 Å². The molecule has 1 N–H and O–H groups in total. The molecule has 0 aromatic carbocycles. The zero-order valence-electron chi connectivity index (χ0n) is 11.1. The molecule has 1 rings (SSSR count). The van der Waals surface area contributed by atoms with Crippen LogP contribution in [0.1, 0.15) is 39.5 Å². The van der Waals surface area contributed by atoms with Crippen LogP contribution in [0.2, 0.25) is 0 Å². The lowest BCUT2D eigenvalue weighted by Crippen LogP contribution is -2.33. The average molecular weight is 259 g/mol. The molecule has 0 aliphatic heterocycles. The van der Waals surface area contributed by atoms with E-state index in [0.717, 1.165) is 0 Å². The summed E-state index contributed by atoms with van der Waals surface area (Å²) >= 11 is 0.